The summed E-state index contributed by atoms with van der Waals surface area (Å²) in [6, 6.07) is 10.7. The zero-order chi connectivity index (χ0) is 18.9. The first kappa shape index (κ1) is 17.7. The molecule has 5 rings (SSSR count). The Morgan fingerprint density at radius 2 is 1.75 bits per heavy atom. The minimum atomic E-state index is 0.758. The van der Waals surface area contributed by atoms with Gasteiger partial charge in [0, 0.05) is 62.1 Å². The van der Waals surface area contributed by atoms with Crippen LogP contribution in [0, 0.1) is 0 Å². The van der Waals surface area contributed by atoms with Crippen molar-refractivity contribution < 1.29 is 0 Å². The van der Waals surface area contributed by atoms with Crippen molar-refractivity contribution in [1.29, 1.82) is 0 Å². The van der Waals surface area contributed by atoms with Crippen molar-refractivity contribution in [2.45, 2.75) is 18.1 Å². The van der Waals surface area contributed by atoms with Crippen molar-refractivity contribution in [3.63, 3.8) is 0 Å². The van der Waals surface area contributed by atoms with Gasteiger partial charge in [-0.1, -0.05) is 24.1 Å². The van der Waals surface area contributed by atoms with Crippen LogP contribution in [-0.2, 0) is 0 Å². The molecule has 6 nitrogen and oxygen atoms in total. The van der Waals surface area contributed by atoms with E-state index in [4.69, 9.17) is 4.98 Å². The van der Waals surface area contributed by atoms with E-state index in [1.807, 2.05) is 13.1 Å². The lowest BCUT2D eigenvalue weighted by molar-refractivity contribution is 0.429. The predicted octanol–water partition coefficient (Wildman–Crippen LogP) is 3.67. The first-order valence-electron chi connectivity index (χ1n) is 9.87. The number of nitrogens with zero attached hydrogens (tertiary/aromatic N) is 5. The molecule has 0 unspecified atom stereocenters. The second-order valence-corrected chi connectivity index (χ2v) is 8.69. The van der Waals surface area contributed by atoms with Crippen LogP contribution in [0.4, 0.5) is 11.5 Å². The van der Waals surface area contributed by atoms with Crippen LogP contribution in [-0.4, -0.2) is 57.7 Å². The summed E-state index contributed by atoms with van der Waals surface area (Å²) < 4.78 is 2.54. The topological polar surface area (TPSA) is 57.2 Å². The van der Waals surface area contributed by atoms with Gasteiger partial charge in [0.05, 0.1) is 11.2 Å². The van der Waals surface area contributed by atoms with Gasteiger partial charge in [-0.3, -0.25) is 4.98 Å². The molecule has 1 aliphatic carbocycles. The van der Waals surface area contributed by atoms with E-state index in [1.54, 1.807) is 12.4 Å². The van der Waals surface area contributed by atoms with E-state index in [2.05, 4.69) is 60.7 Å². The molecule has 1 saturated heterocycles. The minimum Gasteiger partial charge on any atom is -0.371 e. The molecule has 7 heteroatoms. The van der Waals surface area contributed by atoms with E-state index < -0.39 is 0 Å². The summed E-state index contributed by atoms with van der Waals surface area (Å²) in [5, 5.41) is 4.03. The highest BCUT2D eigenvalue weighted by Crippen LogP contribution is 2.37. The molecule has 0 bridgehead atoms. The maximum atomic E-state index is 4.74. The van der Waals surface area contributed by atoms with Crippen molar-refractivity contribution in [3.05, 3.63) is 42.7 Å². The lowest BCUT2D eigenvalue weighted by Gasteiger charge is -2.35. The van der Waals surface area contributed by atoms with Gasteiger partial charge in [0.2, 0.25) is 0 Å². The summed E-state index contributed by atoms with van der Waals surface area (Å²) in [4.78, 5) is 16.0. The number of hydrogen-bond donors (Lipinski definition) is 1. The fourth-order valence-electron chi connectivity index (χ4n) is 3.57. The molecule has 0 atom stereocenters. The number of benzene rings is 1. The monoisotopic (exact) mass is 392 g/mol. The van der Waals surface area contributed by atoms with Crippen molar-refractivity contribution in [3.8, 4) is 11.3 Å². The zero-order valence-corrected chi connectivity index (χ0v) is 16.8. The molecule has 1 saturated carbocycles. The van der Waals surface area contributed by atoms with Crippen LogP contribution in [0.2, 0.25) is 0 Å². The molecule has 3 aromatic rings. The molecule has 2 aromatic heterocycles. The standard InChI is InChI=1S/C21H24N6S/c1-22-21-20-19(23-8-9-24-20)14-18(25-21)15-2-4-16(5-3-15)26-10-12-27(13-11-26)28-17-6-7-17/h2-5,8-9,14,17H,6-7,10-13H2,1H3,(H,22,25). The Morgan fingerprint density at radius 1 is 1.00 bits per heavy atom. The van der Waals surface area contributed by atoms with Crippen LogP contribution in [0.15, 0.2) is 42.7 Å². The fourth-order valence-corrected chi connectivity index (χ4v) is 4.72. The van der Waals surface area contributed by atoms with Gasteiger partial charge < -0.3 is 10.2 Å². The SMILES string of the molecule is CNc1nc(-c2ccc(N3CCN(SC4CC4)CC3)cc2)cc2nccnc12. The molecule has 1 N–H and O–H groups in total. The first-order valence-corrected chi connectivity index (χ1v) is 10.7. The number of anilines is 2. The van der Waals surface area contributed by atoms with Crippen molar-refractivity contribution >= 4 is 34.5 Å². The third-order valence-corrected chi connectivity index (χ3v) is 6.72. The molecule has 144 valence electrons. The number of aromatic nitrogens is 3. The molecule has 0 amide bonds. The van der Waals surface area contributed by atoms with Gasteiger partial charge in [-0.05, 0) is 31.0 Å². The zero-order valence-electron chi connectivity index (χ0n) is 16.0. The van der Waals surface area contributed by atoms with Crippen molar-refractivity contribution in [2.24, 2.45) is 0 Å². The molecular weight excluding hydrogens is 368 g/mol. The van der Waals surface area contributed by atoms with E-state index in [9.17, 15) is 0 Å². The van der Waals surface area contributed by atoms with E-state index in [-0.39, 0.29) is 0 Å². The largest absolute Gasteiger partial charge is 0.371 e. The number of nitrogens with one attached hydrogen (secondary N) is 1. The highest BCUT2D eigenvalue weighted by Gasteiger charge is 2.27. The van der Waals surface area contributed by atoms with E-state index in [0.717, 1.165) is 59.5 Å². The number of fused-ring (bicyclic) bond motifs is 1. The fraction of sp³-hybridized carbons (Fsp3) is 0.381. The molecule has 2 fully saturated rings. The molecule has 1 aromatic carbocycles. The van der Waals surface area contributed by atoms with Gasteiger partial charge in [-0.2, -0.15) is 0 Å². The smallest absolute Gasteiger partial charge is 0.154 e. The number of pyridine rings is 1. The maximum Gasteiger partial charge on any atom is 0.154 e. The average Bonchev–Trinajstić information content (AvgIpc) is 3.57. The quantitative estimate of drug-likeness (QED) is 0.665. The Morgan fingerprint density at radius 3 is 2.46 bits per heavy atom. The van der Waals surface area contributed by atoms with Gasteiger partial charge in [0.15, 0.2) is 5.82 Å². The highest BCUT2D eigenvalue weighted by molar-refractivity contribution is 7.97. The Kier molecular flexibility index (Phi) is 4.78. The van der Waals surface area contributed by atoms with Gasteiger partial charge in [-0.15, -0.1) is 0 Å². The number of rotatable bonds is 5. The second-order valence-electron chi connectivity index (χ2n) is 7.30. The third kappa shape index (κ3) is 3.64. The summed E-state index contributed by atoms with van der Waals surface area (Å²) >= 11 is 2.07. The van der Waals surface area contributed by atoms with Crippen LogP contribution in [0.25, 0.3) is 22.3 Å². The van der Waals surface area contributed by atoms with Gasteiger partial charge in [-0.25, -0.2) is 14.3 Å². The Bertz CT molecular complexity index is 964. The molecule has 1 aliphatic heterocycles. The summed E-state index contributed by atoms with van der Waals surface area (Å²) in [5.41, 5.74) is 4.94. The van der Waals surface area contributed by atoms with Gasteiger partial charge in [0.25, 0.3) is 0 Å². The number of hydrogen-bond acceptors (Lipinski definition) is 7. The molecule has 2 aliphatic rings. The molecular formula is C21H24N6S. The van der Waals surface area contributed by atoms with Crippen molar-refractivity contribution in [2.75, 3.05) is 43.4 Å². The lowest BCUT2D eigenvalue weighted by Crippen LogP contribution is -2.43. The normalized spacial score (nSPS) is 17.8. The first-order chi connectivity index (χ1) is 13.8. The molecule has 0 spiro atoms. The van der Waals surface area contributed by atoms with Crippen LogP contribution in [0.5, 0.6) is 0 Å². The Balaban J connectivity index is 1.33. The van der Waals surface area contributed by atoms with Crippen LogP contribution >= 0.6 is 11.9 Å². The van der Waals surface area contributed by atoms with Crippen LogP contribution in [0.1, 0.15) is 12.8 Å². The maximum absolute atomic E-state index is 4.74. The summed E-state index contributed by atoms with van der Waals surface area (Å²) in [5.74, 6) is 0.758. The van der Waals surface area contributed by atoms with E-state index in [1.165, 1.54) is 18.5 Å². The Hall–Kier alpha value is -2.38. The minimum absolute atomic E-state index is 0.758. The van der Waals surface area contributed by atoms with Crippen LogP contribution in [0.3, 0.4) is 0 Å². The average molecular weight is 393 g/mol. The molecule has 0 radical (unpaired) electrons. The van der Waals surface area contributed by atoms with E-state index >= 15 is 0 Å². The number of piperazine rings is 1. The second kappa shape index (κ2) is 7.56. The van der Waals surface area contributed by atoms with Crippen LogP contribution < -0.4 is 10.2 Å². The lowest BCUT2D eigenvalue weighted by atomic mass is 10.1. The van der Waals surface area contributed by atoms with Gasteiger partial charge >= 0.3 is 0 Å². The van der Waals surface area contributed by atoms with Gasteiger partial charge in [0.1, 0.15) is 5.52 Å². The van der Waals surface area contributed by atoms with E-state index in [0.29, 0.717) is 0 Å². The highest BCUT2D eigenvalue weighted by atomic mass is 32.2. The predicted molar refractivity (Wildman–Crippen MR) is 117 cm³/mol. The third-order valence-electron chi connectivity index (χ3n) is 5.28. The van der Waals surface area contributed by atoms with Crippen molar-refractivity contribution in [1.82, 2.24) is 19.3 Å². The molecule has 3 heterocycles. The summed E-state index contributed by atoms with van der Waals surface area (Å²) in [6.07, 6.45) is 6.21. The summed E-state index contributed by atoms with van der Waals surface area (Å²) in [6.45, 7) is 4.46. The molecule has 28 heavy (non-hydrogen) atoms. The summed E-state index contributed by atoms with van der Waals surface area (Å²) in [7, 11) is 1.87. The Labute approximate surface area is 169 Å².